The van der Waals surface area contributed by atoms with Crippen molar-refractivity contribution in [2.75, 3.05) is 4.72 Å². The number of carbonyl (C=O) groups excluding carboxylic acids is 2. The molecule has 1 aromatic carbocycles. The van der Waals surface area contributed by atoms with Crippen molar-refractivity contribution in [1.29, 1.82) is 0 Å². The molecule has 0 aliphatic carbocycles. The quantitative estimate of drug-likeness (QED) is 0.610. The molecule has 1 aliphatic rings. The number of hydrogen-bond acceptors (Lipinski definition) is 6. The van der Waals surface area contributed by atoms with Crippen LogP contribution in [-0.4, -0.2) is 30.1 Å². The number of benzene rings is 1. The Morgan fingerprint density at radius 2 is 1.73 bits per heavy atom. The number of carbonyl (C=O) groups is 2. The molecule has 0 saturated heterocycles. The Morgan fingerprint density at radius 3 is 2.40 bits per heavy atom. The first kappa shape index (κ1) is 20.2. The molecule has 3 heterocycles. The van der Waals surface area contributed by atoms with Crippen molar-refractivity contribution in [2.24, 2.45) is 0 Å². The van der Waals surface area contributed by atoms with Gasteiger partial charge in [0.1, 0.15) is 9.90 Å². The third-order valence-corrected chi connectivity index (χ3v) is 7.77. The van der Waals surface area contributed by atoms with E-state index in [-0.39, 0.29) is 22.0 Å². The van der Waals surface area contributed by atoms with Crippen molar-refractivity contribution in [1.82, 2.24) is 9.88 Å². The van der Waals surface area contributed by atoms with Gasteiger partial charge < -0.3 is 0 Å². The Bertz CT molecular complexity index is 1240. The van der Waals surface area contributed by atoms with Gasteiger partial charge in [0, 0.05) is 11.1 Å². The van der Waals surface area contributed by atoms with Gasteiger partial charge in [-0.05, 0) is 56.2 Å². The Balaban J connectivity index is 1.56. The van der Waals surface area contributed by atoms with Crippen LogP contribution in [0.15, 0.2) is 46.8 Å². The molecule has 1 aliphatic heterocycles. The molecule has 30 heavy (non-hydrogen) atoms. The molecule has 0 unspecified atom stereocenters. The summed E-state index contributed by atoms with van der Waals surface area (Å²) in [6.45, 7) is 5.66. The molecule has 7 nitrogen and oxygen atoms in total. The van der Waals surface area contributed by atoms with Crippen LogP contribution >= 0.6 is 11.3 Å². The largest absolute Gasteiger partial charge is 0.280 e. The van der Waals surface area contributed by atoms with E-state index in [1.54, 1.807) is 18.2 Å². The van der Waals surface area contributed by atoms with Crippen LogP contribution in [0.1, 0.15) is 42.4 Å². The number of thiophene rings is 1. The number of nitrogens with zero attached hydrogens (tertiary/aromatic N) is 2. The number of pyridine rings is 1. The number of anilines is 1. The summed E-state index contributed by atoms with van der Waals surface area (Å²) < 4.78 is 28.6. The van der Waals surface area contributed by atoms with Crippen molar-refractivity contribution in [3.63, 3.8) is 0 Å². The van der Waals surface area contributed by atoms with Crippen LogP contribution in [0.2, 0.25) is 0 Å². The predicted octanol–water partition coefficient (Wildman–Crippen LogP) is 3.67. The lowest BCUT2D eigenvalue weighted by atomic mass is 10.1. The third kappa shape index (κ3) is 3.50. The van der Waals surface area contributed by atoms with E-state index >= 15 is 0 Å². The minimum absolute atomic E-state index is 0.00317. The minimum atomic E-state index is -3.80. The predicted molar refractivity (Wildman–Crippen MR) is 114 cm³/mol. The van der Waals surface area contributed by atoms with E-state index in [1.165, 1.54) is 12.3 Å². The maximum Gasteiger partial charge on any atom is 0.280 e. The van der Waals surface area contributed by atoms with Crippen molar-refractivity contribution < 1.29 is 18.0 Å². The lowest BCUT2D eigenvalue weighted by Gasteiger charge is -2.13. The fraction of sp³-hybridized carbons (Fsp3) is 0.190. The van der Waals surface area contributed by atoms with Crippen LogP contribution in [0.5, 0.6) is 0 Å². The molecular weight excluding hydrogens is 422 g/mol. The van der Waals surface area contributed by atoms with Crippen molar-refractivity contribution in [2.45, 2.75) is 31.5 Å². The highest BCUT2D eigenvalue weighted by Gasteiger charge is 2.37. The Kier molecular flexibility index (Phi) is 4.95. The standard InChI is InChI=1S/C21H19N3O4S2/c1-12-9-13(2)18(14(3)10-12)23-30(27,28)17-7-6-15(29-17)11-24-20(25)16-5-4-8-22-19(16)21(24)26/h4-10,23H,11H2,1-3H3. The van der Waals surface area contributed by atoms with E-state index in [0.717, 1.165) is 32.9 Å². The van der Waals surface area contributed by atoms with Crippen molar-refractivity contribution >= 4 is 38.9 Å². The van der Waals surface area contributed by atoms with Gasteiger partial charge in [0.05, 0.1) is 17.8 Å². The number of imide groups is 1. The van der Waals surface area contributed by atoms with Crippen molar-refractivity contribution in [3.05, 3.63) is 75.4 Å². The van der Waals surface area contributed by atoms with Crippen LogP contribution in [0, 0.1) is 20.8 Å². The molecule has 0 saturated carbocycles. The Labute approximate surface area is 178 Å². The first-order chi connectivity index (χ1) is 14.2. The van der Waals surface area contributed by atoms with Crippen LogP contribution in [-0.2, 0) is 16.6 Å². The zero-order valence-corrected chi connectivity index (χ0v) is 18.2. The van der Waals surface area contributed by atoms with E-state index in [1.807, 2.05) is 32.9 Å². The summed E-state index contributed by atoms with van der Waals surface area (Å²) in [5.41, 5.74) is 3.68. The van der Waals surface area contributed by atoms with Gasteiger partial charge in [-0.3, -0.25) is 24.2 Å². The highest BCUT2D eigenvalue weighted by Crippen LogP contribution is 2.30. The van der Waals surface area contributed by atoms with Crippen LogP contribution in [0.4, 0.5) is 5.69 Å². The number of fused-ring (bicyclic) bond motifs is 1. The summed E-state index contributed by atoms with van der Waals surface area (Å²) in [4.78, 5) is 30.6. The zero-order valence-electron chi connectivity index (χ0n) is 16.6. The molecule has 1 N–H and O–H groups in total. The molecule has 0 radical (unpaired) electrons. The molecule has 0 atom stereocenters. The second-order valence-corrected chi connectivity index (χ2v) is 10.3. The summed E-state index contributed by atoms with van der Waals surface area (Å²) in [6, 6.07) is 10.1. The molecule has 0 spiro atoms. The maximum atomic E-state index is 12.9. The fourth-order valence-electron chi connectivity index (χ4n) is 3.53. The SMILES string of the molecule is Cc1cc(C)c(NS(=O)(=O)c2ccc(CN3C(=O)c4cccnc4C3=O)s2)c(C)c1. The molecule has 2 aromatic heterocycles. The third-order valence-electron chi connectivity index (χ3n) is 4.86. The number of amides is 2. The van der Waals surface area contributed by atoms with E-state index in [4.69, 9.17) is 0 Å². The van der Waals surface area contributed by atoms with Gasteiger partial charge in [-0.2, -0.15) is 0 Å². The van der Waals surface area contributed by atoms with E-state index in [2.05, 4.69) is 9.71 Å². The molecule has 154 valence electrons. The zero-order chi connectivity index (χ0) is 21.6. The molecule has 0 fully saturated rings. The summed E-state index contributed by atoms with van der Waals surface area (Å²) >= 11 is 1.03. The topological polar surface area (TPSA) is 96.4 Å². The first-order valence-electron chi connectivity index (χ1n) is 9.18. The minimum Gasteiger partial charge on any atom is -0.278 e. The average Bonchev–Trinajstić information content (AvgIpc) is 3.25. The lowest BCUT2D eigenvalue weighted by molar-refractivity contribution is 0.0642. The van der Waals surface area contributed by atoms with Crippen LogP contribution in [0.3, 0.4) is 0 Å². The fourth-order valence-corrected chi connectivity index (χ4v) is 6.07. The number of aryl methyl sites for hydroxylation is 3. The number of rotatable bonds is 5. The number of aromatic nitrogens is 1. The van der Waals surface area contributed by atoms with Gasteiger partial charge in [-0.25, -0.2) is 8.42 Å². The Morgan fingerprint density at radius 1 is 1.03 bits per heavy atom. The van der Waals surface area contributed by atoms with Crippen molar-refractivity contribution in [3.8, 4) is 0 Å². The number of nitrogens with one attached hydrogen (secondary N) is 1. The van der Waals surface area contributed by atoms with Gasteiger partial charge in [0.2, 0.25) is 0 Å². The smallest absolute Gasteiger partial charge is 0.278 e. The van der Waals surface area contributed by atoms with Crippen LogP contribution in [0.25, 0.3) is 0 Å². The highest BCUT2D eigenvalue weighted by atomic mass is 32.2. The summed E-state index contributed by atoms with van der Waals surface area (Å²) in [5.74, 6) is -0.901. The summed E-state index contributed by atoms with van der Waals surface area (Å²) in [5, 5.41) is 0. The van der Waals surface area contributed by atoms with E-state index in [9.17, 15) is 18.0 Å². The first-order valence-corrected chi connectivity index (χ1v) is 11.5. The summed E-state index contributed by atoms with van der Waals surface area (Å²) in [7, 11) is -3.80. The molecular formula is C21H19N3O4S2. The summed E-state index contributed by atoms with van der Waals surface area (Å²) in [6.07, 6.45) is 1.46. The van der Waals surface area contributed by atoms with Gasteiger partial charge in [0.25, 0.3) is 21.8 Å². The maximum absolute atomic E-state index is 12.9. The van der Waals surface area contributed by atoms with Crippen LogP contribution < -0.4 is 4.72 Å². The van der Waals surface area contributed by atoms with E-state index < -0.39 is 21.8 Å². The second kappa shape index (κ2) is 7.33. The molecule has 4 rings (SSSR count). The molecule has 2 amide bonds. The van der Waals surface area contributed by atoms with Gasteiger partial charge in [-0.15, -0.1) is 11.3 Å². The van der Waals surface area contributed by atoms with E-state index in [0.29, 0.717) is 10.6 Å². The molecule has 3 aromatic rings. The van der Waals surface area contributed by atoms with Gasteiger partial charge in [-0.1, -0.05) is 17.7 Å². The van der Waals surface area contributed by atoms with Gasteiger partial charge >= 0.3 is 0 Å². The normalized spacial score (nSPS) is 13.6. The molecule has 9 heteroatoms. The lowest BCUT2D eigenvalue weighted by Crippen LogP contribution is -2.28. The number of sulfonamides is 1. The second-order valence-electron chi connectivity index (χ2n) is 7.20. The monoisotopic (exact) mass is 441 g/mol. The number of hydrogen-bond donors (Lipinski definition) is 1. The Hall–Kier alpha value is -3.04. The van der Waals surface area contributed by atoms with Gasteiger partial charge in [0.15, 0.2) is 0 Å². The molecule has 0 bridgehead atoms. The average molecular weight is 442 g/mol. The highest BCUT2D eigenvalue weighted by molar-refractivity contribution is 7.94.